The van der Waals surface area contributed by atoms with Crippen molar-refractivity contribution in [2.45, 2.75) is 38.0 Å². The molecule has 1 aliphatic carbocycles. The minimum Gasteiger partial charge on any atom is -0.170 e. The molecule has 0 nitrogen and oxygen atoms in total. The van der Waals surface area contributed by atoms with E-state index >= 15 is 0 Å². The van der Waals surface area contributed by atoms with Crippen LogP contribution in [0.25, 0.3) is 0 Å². The lowest BCUT2D eigenvalue weighted by Crippen LogP contribution is -2.41. The second-order valence-corrected chi connectivity index (χ2v) is 3.61. The zero-order chi connectivity index (χ0) is 11.0. The van der Waals surface area contributed by atoms with E-state index in [4.69, 9.17) is 0 Å². The molecule has 0 N–H and O–H groups in total. The quantitative estimate of drug-likeness (QED) is 0.587. The minimum absolute atomic E-state index is 0.0314. The Morgan fingerprint density at radius 2 is 1.14 bits per heavy atom. The molecule has 1 saturated carbocycles. The van der Waals surface area contributed by atoms with Gasteiger partial charge in [0.15, 0.2) is 5.92 Å². The molecule has 0 aromatic carbocycles. The van der Waals surface area contributed by atoms with Gasteiger partial charge in [-0.3, -0.25) is 0 Å². The number of halogens is 6. The highest BCUT2D eigenvalue weighted by molar-refractivity contribution is 4.85. The highest BCUT2D eigenvalue weighted by atomic mass is 19.4. The van der Waals surface area contributed by atoms with E-state index in [0.717, 1.165) is 0 Å². The van der Waals surface area contributed by atoms with Gasteiger partial charge in [0, 0.05) is 0 Å². The van der Waals surface area contributed by atoms with Gasteiger partial charge in [0.05, 0.1) is 0 Å². The molecule has 1 fully saturated rings. The maximum Gasteiger partial charge on any atom is 0.400 e. The van der Waals surface area contributed by atoms with E-state index in [1.165, 1.54) is 0 Å². The molecular weight excluding hydrogens is 210 g/mol. The molecule has 1 rings (SSSR count). The fourth-order valence-electron chi connectivity index (χ4n) is 2.01. The lowest BCUT2D eigenvalue weighted by atomic mass is 9.90. The highest BCUT2D eigenvalue weighted by Gasteiger charge is 2.59. The van der Waals surface area contributed by atoms with Crippen LogP contribution in [0.3, 0.4) is 0 Å². The number of hydrogen-bond acceptors (Lipinski definition) is 0. The van der Waals surface area contributed by atoms with Crippen LogP contribution < -0.4 is 0 Å². The normalized spacial score (nSPS) is 20.8. The number of alkyl halides is 6. The number of rotatable bonds is 1. The van der Waals surface area contributed by atoms with Crippen molar-refractivity contribution in [3.63, 3.8) is 0 Å². The van der Waals surface area contributed by atoms with Crippen molar-refractivity contribution >= 4 is 0 Å². The molecular formula is C8H10F6. The van der Waals surface area contributed by atoms with Gasteiger partial charge in [-0.2, -0.15) is 26.3 Å². The average Bonchev–Trinajstić information content (AvgIpc) is 2.31. The van der Waals surface area contributed by atoms with E-state index in [9.17, 15) is 26.3 Å². The first-order chi connectivity index (χ1) is 6.23. The summed E-state index contributed by atoms with van der Waals surface area (Å²) < 4.78 is 72.9. The van der Waals surface area contributed by atoms with Crippen molar-refractivity contribution in [2.75, 3.05) is 0 Å². The summed E-state index contributed by atoms with van der Waals surface area (Å²) in [4.78, 5) is 0. The first kappa shape index (κ1) is 11.7. The topological polar surface area (TPSA) is 0 Å². The van der Waals surface area contributed by atoms with Crippen molar-refractivity contribution in [3.8, 4) is 0 Å². The molecule has 6 heteroatoms. The third-order valence-corrected chi connectivity index (χ3v) is 2.58. The van der Waals surface area contributed by atoms with E-state index in [-0.39, 0.29) is 12.8 Å². The van der Waals surface area contributed by atoms with Gasteiger partial charge >= 0.3 is 12.4 Å². The monoisotopic (exact) mass is 220 g/mol. The Labute approximate surface area is 77.3 Å². The van der Waals surface area contributed by atoms with Crippen LogP contribution in [0.1, 0.15) is 25.7 Å². The zero-order valence-electron chi connectivity index (χ0n) is 7.25. The average molecular weight is 220 g/mol. The molecule has 0 aromatic heterocycles. The highest BCUT2D eigenvalue weighted by Crippen LogP contribution is 2.48. The third kappa shape index (κ3) is 2.54. The SMILES string of the molecule is FC(F)(F)C(C1CCCC1)C(F)(F)F. The Hall–Kier alpha value is -0.420. The van der Waals surface area contributed by atoms with E-state index in [0.29, 0.717) is 12.8 Å². The van der Waals surface area contributed by atoms with Gasteiger partial charge in [-0.15, -0.1) is 0 Å². The van der Waals surface area contributed by atoms with Gasteiger partial charge in [0.25, 0.3) is 0 Å². The maximum atomic E-state index is 12.1. The fourth-order valence-corrected chi connectivity index (χ4v) is 2.01. The molecule has 0 aliphatic heterocycles. The molecule has 0 saturated heterocycles. The number of hydrogen-bond donors (Lipinski definition) is 0. The summed E-state index contributed by atoms with van der Waals surface area (Å²) in [6.45, 7) is 0. The van der Waals surface area contributed by atoms with Crippen molar-refractivity contribution in [1.29, 1.82) is 0 Å². The summed E-state index contributed by atoms with van der Waals surface area (Å²) in [5.41, 5.74) is 0. The summed E-state index contributed by atoms with van der Waals surface area (Å²) >= 11 is 0. The molecule has 0 unspecified atom stereocenters. The van der Waals surface area contributed by atoms with Gasteiger partial charge in [0.2, 0.25) is 0 Å². The van der Waals surface area contributed by atoms with Crippen LogP contribution in [-0.2, 0) is 0 Å². The van der Waals surface area contributed by atoms with Crippen molar-refractivity contribution in [2.24, 2.45) is 11.8 Å². The lowest BCUT2D eigenvalue weighted by molar-refractivity contribution is -0.298. The van der Waals surface area contributed by atoms with Crippen LogP contribution in [0.4, 0.5) is 26.3 Å². The van der Waals surface area contributed by atoms with E-state index in [1.54, 1.807) is 0 Å². The third-order valence-electron chi connectivity index (χ3n) is 2.58. The molecule has 14 heavy (non-hydrogen) atoms. The van der Waals surface area contributed by atoms with Crippen LogP contribution >= 0.6 is 0 Å². The molecule has 0 bridgehead atoms. The summed E-state index contributed by atoms with van der Waals surface area (Å²) in [6, 6.07) is 0. The van der Waals surface area contributed by atoms with Crippen molar-refractivity contribution in [3.05, 3.63) is 0 Å². The maximum absolute atomic E-state index is 12.1. The lowest BCUT2D eigenvalue weighted by Gasteiger charge is -2.27. The summed E-state index contributed by atoms with van der Waals surface area (Å²) in [7, 11) is 0. The van der Waals surface area contributed by atoms with Crippen LogP contribution in [0.2, 0.25) is 0 Å². The zero-order valence-corrected chi connectivity index (χ0v) is 7.25. The smallest absolute Gasteiger partial charge is 0.170 e. The van der Waals surface area contributed by atoms with Crippen LogP contribution in [0, 0.1) is 11.8 Å². The standard InChI is InChI=1S/C8H10F6/c9-7(10,11)6(8(12,13)14)5-3-1-2-4-5/h5-6H,1-4H2. The van der Waals surface area contributed by atoms with Crippen molar-refractivity contribution in [1.82, 2.24) is 0 Å². The molecule has 0 spiro atoms. The second-order valence-electron chi connectivity index (χ2n) is 3.61. The van der Waals surface area contributed by atoms with Crippen molar-refractivity contribution < 1.29 is 26.3 Å². The first-order valence-electron chi connectivity index (χ1n) is 4.36. The Bertz CT molecular complexity index is 171. The summed E-state index contributed by atoms with van der Waals surface area (Å²) in [5, 5.41) is 0. The molecule has 0 amide bonds. The van der Waals surface area contributed by atoms with Gasteiger partial charge < -0.3 is 0 Å². The summed E-state index contributed by atoms with van der Waals surface area (Å²) in [6.07, 6.45) is -9.32. The van der Waals surface area contributed by atoms with E-state index < -0.39 is 24.2 Å². The van der Waals surface area contributed by atoms with E-state index in [2.05, 4.69) is 0 Å². The molecule has 0 atom stereocenters. The molecule has 0 radical (unpaired) electrons. The summed E-state index contributed by atoms with van der Waals surface area (Å²) in [5.74, 6) is -4.40. The largest absolute Gasteiger partial charge is 0.400 e. The van der Waals surface area contributed by atoms with E-state index in [1.807, 2.05) is 0 Å². The predicted octanol–water partition coefficient (Wildman–Crippen LogP) is 3.92. The first-order valence-corrected chi connectivity index (χ1v) is 4.36. The van der Waals surface area contributed by atoms with Crippen LogP contribution in [-0.4, -0.2) is 12.4 Å². The Morgan fingerprint density at radius 1 is 0.786 bits per heavy atom. The molecule has 84 valence electrons. The van der Waals surface area contributed by atoms with Crippen LogP contribution in [0.5, 0.6) is 0 Å². The second kappa shape index (κ2) is 3.62. The molecule has 0 heterocycles. The predicted molar refractivity (Wildman–Crippen MR) is 37.6 cm³/mol. The Balaban J connectivity index is 2.82. The molecule has 0 aromatic rings. The van der Waals surface area contributed by atoms with Gasteiger partial charge in [-0.25, -0.2) is 0 Å². The van der Waals surface area contributed by atoms with Gasteiger partial charge in [0.1, 0.15) is 0 Å². The fraction of sp³-hybridized carbons (Fsp3) is 1.00. The van der Waals surface area contributed by atoms with Gasteiger partial charge in [-0.1, -0.05) is 12.8 Å². The Kier molecular flexibility index (Phi) is 3.02. The minimum atomic E-state index is -5.16. The molecule has 1 aliphatic rings. The van der Waals surface area contributed by atoms with Gasteiger partial charge in [-0.05, 0) is 18.8 Å². The Morgan fingerprint density at radius 3 is 1.43 bits per heavy atom. The van der Waals surface area contributed by atoms with Crippen LogP contribution in [0.15, 0.2) is 0 Å².